The summed E-state index contributed by atoms with van der Waals surface area (Å²) in [6, 6.07) is 0.205. The van der Waals surface area contributed by atoms with Crippen molar-refractivity contribution >= 4 is 5.91 Å². The Morgan fingerprint density at radius 2 is 2.19 bits per heavy atom. The van der Waals surface area contributed by atoms with Crippen molar-refractivity contribution in [1.29, 1.82) is 0 Å². The molecule has 1 amide bonds. The summed E-state index contributed by atoms with van der Waals surface area (Å²) < 4.78 is 10.6. The predicted octanol–water partition coefficient (Wildman–Crippen LogP) is 1.49. The fourth-order valence-corrected chi connectivity index (χ4v) is 1.70. The molecular weight excluding hydrogens is 206 g/mol. The highest BCUT2D eigenvalue weighted by molar-refractivity contribution is 5.78. The van der Waals surface area contributed by atoms with Crippen molar-refractivity contribution in [3.05, 3.63) is 0 Å². The second-order valence-corrected chi connectivity index (χ2v) is 4.24. The molecule has 0 saturated carbocycles. The molecule has 1 aliphatic rings. The molecule has 0 radical (unpaired) electrons. The van der Waals surface area contributed by atoms with Gasteiger partial charge in [0.25, 0.3) is 0 Å². The number of amides is 1. The highest BCUT2D eigenvalue weighted by Gasteiger charge is 2.17. The maximum Gasteiger partial charge on any atom is 0.246 e. The number of hydrogen-bond acceptors (Lipinski definition) is 3. The third kappa shape index (κ3) is 6.08. The molecule has 1 rings (SSSR count). The van der Waals surface area contributed by atoms with Crippen LogP contribution in [0.15, 0.2) is 0 Å². The molecule has 4 nitrogen and oxygen atoms in total. The Morgan fingerprint density at radius 3 is 2.94 bits per heavy atom. The van der Waals surface area contributed by atoms with E-state index in [1.165, 1.54) is 6.42 Å². The summed E-state index contributed by atoms with van der Waals surface area (Å²) in [5, 5.41) is 2.92. The SMILES string of the molecule is CCCCOCCCC[C@H]1COCC(=O)N1. The molecule has 16 heavy (non-hydrogen) atoms. The van der Waals surface area contributed by atoms with Crippen LogP contribution in [0.4, 0.5) is 0 Å². The third-order valence-corrected chi connectivity index (χ3v) is 2.65. The lowest BCUT2D eigenvalue weighted by atomic mass is 10.1. The van der Waals surface area contributed by atoms with Crippen LogP contribution >= 0.6 is 0 Å². The Kier molecular flexibility index (Phi) is 7.17. The van der Waals surface area contributed by atoms with Gasteiger partial charge in [0.15, 0.2) is 0 Å². The quantitative estimate of drug-likeness (QED) is 0.641. The number of carbonyl (C=O) groups excluding carboxylic acids is 1. The van der Waals surface area contributed by atoms with Crippen LogP contribution in [-0.4, -0.2) is 38.4 Å². The first kappa shape index (κ1) is 13.5. The van der Waals surface area contributed by atoms with Crippen molar-refractivity contribution < 1.29 is 14.3 Å². The number of morpholine rings is 1. The van der Waals surface area contributed by atoms with E-state index < -0.39 is 0 Å². The molecule has 4 heteroatoms. The number of carbonyl (C=O) groups is 1. The molecule has 1 fully saturated rings. The molecule has 1 saturated heterocycles. The number of rotatable bonds is 8. The van der Waals surface area contributed by atoms with Gasteiger partial charge in [-0.15, -0.1) is 0 Å². The maximum absolute atomic E-state index is 11.0. The van der Waals surface area contributed by atoms with E-state index in [-0.39, 0.29) is 18.6 Å². The van der Waals surface area contributed by atoms with Crippen molar-refractivity contribution in [2.24, 2.45) is 0 Å². The molecule has 0 aromatic heterocycles. The topological polar surface area (TPSA) is 47.6 Å². The van der Waals surface area contributed by atoms with E-state index in [4.69, 9.17) is 9.47 Å². The van der Waals surface area contributed by atoms with E-state index >= 15 is 0 Å². The van der Waals surface area contributed by atoms with Crippen molar-refractivity contribution in [1.82, 2.24) is 5.32 Å². The second-order valence-electron chi connectivity index (χ2n) is 4.24. The molecule has 0 aliphatic carbocycles. The zero-order valence-electron chi connectivity index (χ0n) is 10.2. The predicted molar refractivity (Wildman–Crippen MR) is 62.3 cm³/mol. The monoisotopic (exact) mass is 229 g/mol. The van der Waals surface area contributed by atoms with Gasteiger partial charge in [-0.25, -0.2) is 0 Å². The Labute approximate surface area is 97.7 Å². The highest BCUT2D eigenvalue weighted by Crippen LogP contribution is 2.05. The molecule has 0 unspecified atom stereocenters. The number of nitrogens with one attached hydrogen (secondary N) is 1. The standard InChI is InChI=1S/C12H23NO3/c1-2-3-7-15-8-5-4-6-11-9-16-10-12(14)13-11/h11H,2-10H2,1H3,(H,13,14)/t11-/m0/s1. The van der Waals surface area contributed by atoms with Gasteiger partial charge in [-0.1, -0.05) is 13.3 Å². The van der Waals surface area contributed by atoms with Gasteiger partial charge >= 0.3 is 0 Å². The minimum atomic E-state index is 0.00967. The Morgan fingerprint density at radius 1 is 1.38 bits per heavy atom. The summed E-state index contributed by atoms with van der Waals surface area (Å²) in [5.74, 6) is 0.00967. The largest absolute Gasteiger partial charge is 0.381 e. The summed E-state index contributed by atoms with van der Waals surface area (Å²) in [6.07, 6.45) is 5.47. The Balaban J connectivity index is 1.88. The molecule has 0 spiro atoms. The van der Waals surface area contributed by atoms with Gasteiger partial charge in [0.1, 0.15) is 6.61 Å². The van der Waals surface area contributed by atoms with E-state index in [0.29, 0.717) is 6.61 Å². The zero-order chi connectivity index (χ0) is 11.6. The van der Waals surface area contributed by atoms with Crippen LogP contribution in [0.3, 0.4) is 0 Å². The van der Waals surface area contributed by atoms with Crippen molar-refractivity contribution in [3.63, 3.8) is 0 Å². The molecule has 1 heterocycles. The average molecular weight is 229 g/mol. The van der Waals surface area contributed by atoms with Gasteiger partial charge < -0.3 is 14.8 Å². The van der Waals surface area contributed by atoms with Crippen LogP contribution in [0, 0.1) is 0 Å². The summed E-state index contributed by atoms with van der Waals surface area (Å²) >= 11 is 0. The van der Waals surface area contributed by atoms with Gasteiger partial charge in [0.2, 0.25) is 5.91 Å². The van der Waals surface area contributed by atoms with E-state index in [1.54, 1.807) is 0 Å². The molecule has 94 valence electrons. The number of hydrogen-bond donors (Lipinski definition) is 1. The molecule has 1 aliphatic heterocycles. The lowest BCUT2D eigenvalue weighted by Crippen LogP contribution is -2.45. The molecule has 1 N–H and O–H groups in total. The number of unbranched alkanes of at least 4 members (excludes halogenated alkanes) is 2. The van der Waals surface area contributed by atoms with Crippen LogP contribution in [0.5, 0.6) is 0 Å². The van der Waals surface area contributed by atoms with Crippen LogP contribution < -0.4 is 5.32 Å². The molecule has 0 aromatic rings. The van der Waals surface area contributed by atoms with Gasteiger partial charge in [-0.2, -0.15) is 0 Å². The van der Waals surface area contributed by atoms with E-state index in [9.17, 15) is 4.79 Å². The average Bonchev–Trinajstić information content (AvgIpc) is 2.28. The maximum atomic E-state index is 11.0. The smallest absolute Gasteiger partial charge is 0.246 e. The summed E-state index contributed by atoms with van der Waals surface area (Å²) in [5.41, 5.74) is 0. The first-order chi connectivity index (χ1) is 7.83. The third-order valence-electron chi connectivity index (χ3n) is 2.65. The zero-order valence-corrected chi connectivity index (χ0v) is 10.2. The Bertz CT molecular complexity index is 197. The number of ether oxygens (including phenoxy) is 2. The normalized spacial score (nSPS) is 20.8. The van der Waals surface area contributed by atoms with Crippen LogP contribution in [0.1, 0.15) is 39.0 Å². The molecular formula is C12H23NO3. The van der Waals surface area contributed by atoms with Gasteiger partial charge in [-0.3, -0.25) is 4.79 Å². The fraction of sp³-hybridized carbons (Fsp3) is 0.917. The molecule has 1 atom stereocenters. The second kappa shape index (κ2) is 8.53. The summed E-state index contributed by atoms with van der Waals surface area (Å²) in [4.78, 5) is 11.0. The Hall–Kier alpha value is -0.610. The summed E-state index contributed by atoms with van der Waals surface area (Å²) in [7, 11) is 0. The lowest BCUT2D eigenvalue weighted by Gasteiger charge is -2.23. The van der Waals surface area contributed by atoms with Gasteiger partial charge in [-0.05, 0) is 25.7 Å². The van der Waals surface area contributed by atoms with E-state index in [1.807, 2.05) is 0 Å². The van der Waals surface area contributed by atoms with Crippen LogP contribution in [0.2, 0.25) is 0 Å². The minimum Gasteiger partial charge on any atom is -0.381 e. The highest BCUT2D eigenvalue weighted by atomic mass is 16.5. The molecule has 0 aromatic carbocycles. The van der Waals surface area contributed by atoms with Crippen molar-refractivity contribution in [2.75, 3.05) is 26.4 Å². The van der Waals surface area contributed by atoms with E-state index in [0.717, 1.165) is 38.9 Å². The van der Waals surface area contributed by atoms with Gasteiger partial charge in [0, 0.05) is 13.2 Å². The fourth-order valence-electron chi connectivity index (χ4n) is 1.70. The molecule has 0 bridgehead atoms. The first-order valence-electron chi connectivity index (χ1n) is 6.27. The minimum absolute atomic E-state index is 0.00967. The van der Waals surface area contributed by atoms with Crippen molar-refractivity contribution in [3.8, 4) is 0 Å². The van der Waals surface area contributed by atoms with E-state index in [2.05, 4.69) is 12.2 Å². The lowest BCUT2D eigenvalue weighted by molar-refractivity contribution is -0.131. The summed E-state index contributed by atoms with van der Waals surface area (Å²) in [6.45, 7) is 4.75. The van der Waals surface area contributed by atoms with Crippen molar-refractivity contribution in [2.45, 2.75) is 45.1 Å². The van der Waals surface area contributed by atoms with Gasteiger partial charge in [0.05, 0.1) is 12.6 Å². The van der Waals surface area contributed by atoms with Crippen LogP contribution in [0.25, 0.3) is 0 Å². The van der Waals surface area contributed by atoms with Crippen LogP contribution in [-0.2, 0) is 14.3 Å². The first-order valence-corrected chi connectivity index (χ1v) is 6.27.